The van der Waals surface area contributed by atoms with Crippen LogP contribution in [-0.2, 0) is 6.42 Å². The number of likely N-dealkylation sites (N-methyl/N-ethyl adjacent to an activating group) is 1. The first-order chi connectivity index (χ1) is 13.7. The highest BCUT2D eigenvalue weighted by molar-refractivity contribution is 5.89. The summed E-state index contributed by atoms with van der Waals surface area (Å²) in [7, 11) is 2.23. The molecule has 1 aromatic carbocycles. The summed E-state index contributed by atoms with van der Waals surface area (Å²) in [5.41, 5.74) is 6.79. The van der Waals surface area contributed by atoms with Crippen LogP contribution in [0.15, 0.2) is 24.3 Å². The van der Waals surface area contributed by atoms with E-state index in [1.165, 1.54) is 39.0 Å². The second-order valence-electron chi connectivity index (χ2n) is 8.42. The summed E-state index contributed by atoms with van der Waals surface area (Å²) >= 11 is 0. The molecule has 1 aromatic heterocycles. The first kappa shape index (κ1) is 19.6. The largest absolute Gasteiger partial charge is 0.356 e. The van der Waals surface area contributed by atoms with Gasteiger partial charge in [0.05, 0.1) is 5.52 Å². The highest BCUT2D eigenvalue weighted by Crippen LogP contribution is 2.30. The molecule has 0 amide bonds. The molecule has 6 nitrogen and oxygen atoms in total. The molecule has 152 valence electrons. The van der Waals surface area contributed by atoms with Crippen molar-refractivity contribution < 1.29 is 0 Å². The van der Waals surface area contributed by atoms with Gasteiger partial charge in [0.2, 0.25) is 0 Å². The van der Waals surface area contributed by atoms with Gasteiger partial charge in [-0.25, -0.2) is 9.97 Å². The van der Waals surface area contributed by atoms with E-state index in [1.54, 1.807) is 0 Å². The molecule has 2 aliphatic rings. The van der Waals surface area contributed by atoms with E-state index in [4.69, 9.17) is 15.7 Å². The van der Waals surface area contributed by atoms with Crippen LogP contribution in [0.1, 0.15) is 25.6 Å². The average Bonchev–Trinajstić information content (AvgIpc) is 2.74. The molecule has 2 aliphatic heterocycles. The van der Waals surface area contributed by atoms with Gasteiger partial charge in [-0.2, -0.15) is 0 Å². The van der Waals surface area contributed by atoms with E-state index < -0.39 is 0 Å². The molecule has 0 aliphatic carbocycles. The molecule has 0 spiro atoms. The highest BCUT2D eigenvalue weighted by Gasteiger charge is 2.30. The number of piperazine rings is 1. The summed E-state index contributed by atoms with van der Waals surface area (Å²) < 4.78 is 0. The molecule has 1 atom stereocenters. The zero-order valence-electron chi connectivity index (χ0n) is 17.3. The summed E-state index contributed by atoms with van der Waals surface area (Å²) in [6.07, 6.45) is 3.20. The third kappa shape index (κ3) is 4.14. The van der Waals surface area contributed by atoms with Crippen molar-refractivity contribution in [2.24, 2.45) is 11.7 Å². The van der Waals surface area contributed by atoms with Crippen molar-refractivity contribution in [1.82, 2.24) is 19.8 Å². The van der Waals surface area contributed by atoms with Crippen molar-refractivity contribution in [2.45, 2.75) is 32.2 Å². The Balaban J connectivity index is 1.46. The van der Waals surface area contributed by atoms with E-state index in [-0.39, 0.29) is 0 Å². The van der Waals surface area contributed by atoms with Gasteiger partial charge in [0, 0.05) is 57.1 Å². The second kappa shape index (κ2) is 8.72. The quantitative estimate of drug-likeness (QED) is 0.853. The van der Waals surface area contributed by atoms with Gasteiger partial charge in [-0.15, -0.1) is 0 Å². The third-order valence-corrected chi connectivity index (χ3v) is 6.63. The summed E-state index contributed by atoms with van der Waals surface area (Å²) in [5, 5.41) is 1.16. The van der Waals surface area contributed by atoms with E-state index in [9.17, 15) is 0 Å². The fourth-order valence-electron chi connectivity index (χ4n) is 4.71. The molecule has 2 aromatic rings. The Morgan fingerprint density at radius 1 is 1.04 bits per heavy atom. The predicted molar refractivity (Wildman–Crippen MR) is 116 cm³/mol. The maximum absolute atomic E-state index is 5.76. The van der Waals surface area contributed by atoms with Crippen molar-refractivity contribution in [3.05, 3.63) is 30.1 Å². The molecule has 2 N–H and O–H groups in total. The Morgan fingerprint density at radius 3 is 2.46 bits per heavy atom. The predicted octanol–water partition coefficient (Wildman–Crippen LogP) is 1.98. The topological polar surface area (TPSA) is 61.5 Å². The first-order valence-corrected chi connectivity index (χ1v) is 10.8. The maximum atomic E-state index is 5.76. The van der Waals surface area contributed by atoms with Gasteiger partial charge in [0.15, 0.2) is 0 Å². The molecule has 0 radical (unpaired) electrons. The number of anilines is 1. The molecular weight excluding hydrogens is 348 g/mol. The lowest BCUT2D eigenvalue weighted by Crippen LogP contribution is -2.51. The van der Waals surface area contributed by atoms with Crippen molar-refractivity contribution in [3.8, 4) is 0 Å². The van der Waals surface area contributed by atoms with Crippen LogP contribution in [0.2, 0.25) is 0 Å². The van der Waals surface area contributed by atoms with Crippen LogP contribution in [-0.4, -0.2) is 78.7 Å². The number of benzene rings is 1. The first-order valence-electron chi connectivity index (χ1n) is 10.8. The zero-order chi connectivity index (χ0) is 19.5. The molecule has 0 unspecified atom stereocenters. The van der Waals surface area contributed by atoms with Crippen LogP contribution in [0.4, 0.5) is 5.82 Å². The summed E-state index contributed by atoms with van der Waals surface area (Å²) in [5.74, 6) is 2.74. The Kier molecular flexibility index (Phi) is 6.09. The molecule has 0 bridgehead atoms. The van der Waals surface area contributed by atoms with Gasteiger partial charge in [-0.1, -0.05) is 12.1 Å². The number of fused-ring (bicyclic) bond motifs is 1. The van der Waals surface area contributed by atoms with Crippen LogP contribution >= 0.6 is 0 Å². The van der Waals surface area contributed by atoms with E-state index in [0.717, 1.165) is 48.0 Å². The lowest BCUT2D eigenvalue weighted by Gasteiger charge is -2.43. The lowest BCUT2D eigenvalue weighted by atomic mass is 9.89. The molecule has 4 rings (SSSR count). The van der Waals surface area contributed by atoms with Crippen LogP contribution in [0, 0.1) is 5.92 Å². The van der Waals surface area contributed by atoms with E-state index >= 15 is 0 Å². The maximum Gasteiger partial charge on any atom is 0.140 e. The average molecular weight is 383 g/mol. The number of nitrogens with two attached hydrogens (primary N) is 1. The smallest absolute Gasteiger partial charge is 0.140 e. The molecule has 0 saturated carbocycles. The lowest BCUT2D eigenvalue weighted by molar-refractivity contribution is 0.0813. The van der Waals surface area contributed by atoms with Crippen LogP contribution in [0.25, 0.3) is 10.9 Å². The van der Waals surface area contributed by atoms with Crippen molar-refractivity contribution in [3.63, 3.8) is 0 Å². The summed E-state index contributed by atoms with van der Waals surface area (Å²) in [4.78, 5) is 17.2. The van der Waals surface area contributed by atoms with Gasteiger partial charge >= 0.3 is 0 Å². The fraction of sp³-hybridized carbons (Fsp3) is 0.636. The van der Waals surface area contributed by atoms with Gasteiger partial charge in [-0.3, -0.25) is 4.90 Å². The number of nitrogens with zero attached hydrogens (tertiary/aromatic N) is 5. The Labute approximate surface area is 168 Å². The number of piperidine rings is 1. The van der Waals surface area contributed by atoms with E-state index in [2.05, 4.69) is 52.9 Å². The monoisotopic (exact) mass is 382 g/mol. The Morgan fingerprint density at radius 2 is 1.75 bits per heavy atom. The zero-order valence-corrected chi connectivity index (χ0v) is 17.3. The van der Waals surface area contributed by atoms with Crippen LogP contribution < -0.4 is 10.6 Å². The van der Waals surface area contributed by atoms with Gasteiger partial charge in [-0.05, 0) is 51.4 Å². The van der Waals surface area contributed by atoms with Crippen molar-refractivity contribution in [2.75, 3.05) is 57.8 Å². The molecule has 3 heterocycles. The SMILES string of the molecule is C[C@@H](C1CCN(c2nc(CCN)nc3ccccc23)CC1)N1CCN(C)CC1. The number of aromatic nitrogens is 2. The molecular formula is C22H34N6. The van der Waals surface area contributed by atoms with E-state index in [0.29, 0.717) is 12.6 Å². The minimum absolute atomic E-state index is 0.586. The van der Waals surface area contributed by atoms with Crippen molar-refractivity contribution >= 4 is 16.7 Å². The number of hydrogen-bond acceptors (Lipinski definition) is 6. The normalized spacial score (nSPS) is 21.3. The van der Waals surface area contributed by atoms with Gasteiger partial charge < -0.3 is 15.5 Å². The molecule has 28 heavy (non-hydrogen) atoms. The number of rotatable bonds is 5. The second-order valence-corrected chi connectivity index (χ2v) is 8.42. The van der Waals surface area contributed by atoms with Crippen LogP contribution in [0.3, 0.4) is 0 Å². The molecule has 2 fully saturated rings. The van der Waals surface area contributed by atoms with Gasteiger partial charge in [0.1, 0.15) is 11.6 Å². The summed E-state index contributed by atoms with van der Waals surface area (Å²) in [6, 6.07) is 9.04. The summed E-state index contributed by atoms with van der Waals surface area (Å²) in [6.45, 7) is 9.97. The van der Waals surface area contributed by atoms with Crippen LogP contribution in [0.5, 0.6) is 0 Å². The molecule has 2 saturated heterocycles. The Hall–Kier alpha value is -1.76. The highest BCUT2D eigenvalue weighted by atomic mass is 15.3. The number of para-hydroxylation sites is 1. The third-order valence-electron chi connectivity index (χ3n) is 6.63. The minimum atomic E-state index is 0.586. The fourth-order valence-corrected chi connectivity index (χ4v) is 4.71. The van der Waals surface area contributed by atoms with Crippen molar-refractivity contribution in [1.29, 1.82) is 0 Å². The Bertz CT molecular complexity index is 778. The van der Waals surface area contributed by atoms with E-state index in [1.807, 2.05) is 0 Å². The minimum Gasteiger partial charge on any atom is -0.356 e. The number of hydrogen-bond donors (Lipinski definition) is 1. The van der Waals surface area contributed by atoms with Gasteiger partial charge in [0.25, 0.3) is 0 Å². The standard InChI is InChI=1S/C22H34N6/c1-17(27-15-13-26(2)14-16-27)18-8-11-28(12-9-18)22-19-5-3-4-6-20(19)24-21(25-22)7-10-23/h3-6,17-18H,7-16,23H2,1-2H3/t17-/m0/s1. The molecule has 6 heteroatoms.